The third kappa shape index (κ3) is 3.35. The number of ether oxygens (including phenoxy) is 1. The highest BCUT2D eigenvalue weighted by Gasteiger charge is 2.46. The third-order valence-electron chi connectivity index (χ3n) is 3.87. The molecule has 1 heterocycles. The Morgan fingerprint density at radius 2 is 2.50 bits per heavy atom. The van der Waals surface area contributed by atoms with E-state index in [9.17, 15) is 4.79 Å². The second kappa shape index (κ2) is 6.91. The van der Waals surface area contributed by atoms with Crippen molar-refractivity contribution in [3.8, 4) is 0 Å². The molecular weight excluding hydrogens is 340 g/mol. The van der Waals surface area contributed by atoms with E-state index < -0.39 is 5.54 Å². The Morgan fingerprint density at radius 3 is 3.20 bits per heavy atom. The van der Waals surface area contributed by atoms with E-state index in [-0.39, 0.29) is 11.9 Å². The molecule has 1 saturated carbocycles. The van der Waals surface area contributed by atoms with Gasteiger partial charge in [-0.1, -0.05) is 6.42 Å². The lowest BCUT2D eigenvalue weighted by Crippen LogP contribution is -2.51. The van der Waals surface area contributed by atoms with Crippen LogP contribution in [0.1, 0.15) is 25.7 Å². The first-order chi connectivity index (χ1) is 9.58. The molecule has 0 amide bonds. The number of halogens is 1. The summed E-state index contributed by atoms with van der Waals surface area (Å²) in [5.74, 6) is 0.824. The van der Waals surface area contributed by atoms with Crippen LogP contribution in [0.2, 0.25) is 0 Å². The lowest BCUT2D eigenvalue weighted by Gasteiger charge is -2.28. The molecule has 1 aromatic rings. The van der Waals surface area contributed by atoms with Crippen LogP contribution in [0.3, 0.4) is 0 Å². The lowest BCUT2D eigenvalue weighted by atomic mass is 9.86. The number of hydrogen-bond donors (Lipinski definition) is 1. The van der Waals surface area contributed by atoms with Gasteiger partial charge < -0.3 is 10.5 Å². The van der Waals surface area contributed by atoms with Gasteiger partial charge in [-0.15, -0.1) is 11.8 Å². The summed E-state index contributed by atoms with van der Waals surface area (Å²) in [7, 11) is 1.41. The molecule has 110 valence electrons. The second-order valence-corrected chi connectivity index (χ2v) is 6.99. The smallest absolute Gasteiger partial charge is 0.326 e. The highest BCUT2D eigenvalue weighted by molar-refractivity contribution is 9.10. The molecule has 20 heavy (non-hydrogen) atoms. The van der Waals surface area contributed by atoms with Crippen LogP contribution < -0.4 is 5.73 Å². The Bertz CT molecular complexity index is 486. The van der Waals surface area contributed by atoms with Gasteiger partial charge in [0.1, 0.15) is 10.6 Å². The lowest BCUT2D eigenvalue weighted by molar-refractivity contribution is -0.148. The summed E-state index contributed by atoms with van der Waals surface area (Å²) in [6.07, 6.45) is 5.40. The van der Waals surface area contributed by atoms with Crippen molar-refractivity contribution in [3.63, 3.8) is 0 Å². The number of carbonyl (C=O) groups is 1. The molecule has 6 heteroatoms. The van der Waals surface area contributed by atoms with Crippen molar-refractivity contribution in [3.05, 3.63) is 22.8 Å². The van der Waals surface area contributed by atoms with Gasteiger partial charge in [-0.25, -0.2) is 4.98 Å². The molecule has 0 aliphatic heterocycles. The molecule has 2 unspecified atom stereocenters. The number of pyridine rings is 1. The molecule has 2 atom stereocenters. The average molecular weight is 359 g/mol. The molecule has 0 spiro atoms. The number of nitrogens with two attached hydrogens (primary N) is 1. The van der Waals surface area contributed by atoms with Crippen LogP contribution in [0.5, 0.6) is 0 Å². The molecule has 1 aliphatic rings. The Morgan fingerprint density at radius 1 is 1.70 bits per heavy atom. The molecule has 1 fully saturated rings. The van der Waals surface area contributed by atoms with E-state index in [2.05, 4.69) is 20.9 Å². The maximum Gasteiger partial charge on any atom is 0.326 e. The van der Waals surface area contributed by atoms with Gasteiger partial charge in [0.2, 0.25) is 0 Å². The molecule has 1 aromatic heterocycles. The zero-order chi connectivity index (χ0) is 14.6. The largest absolute Gasteiger partial charge is 0.468 e. The number of aromatic nitrogens is 1. The van der Waals surface area contributed by atoms with Crippen molar-refractivity contribution in [2.45, 2.75) is 36.2 Å². The summed E-state index contributed by atoms with van der Waals surface area (Å²) in [6.45, 7) is 0. The quantitative estimate of drug-likeness (QED) is 0.647. The Balaban J connectivity index is 1.91. The first-order valence-electron chi connectivity index (χ1n) is 6.68. The van der Waals surface area contributed by atoms with E-state index in [1.54, 1.807) is 18.0 Å². The molecule has 0 bridgehead atoms. The predicted molar refractivity (Wildman–Crippen MR) is 83.6 cm³/mol. The van der Waals surface area contributed by atoms with E-state index in [1.807, 2.05) is 12.1 Å². The minimum Gasteiger partial charge on any atom is -0.468 e. The highest BCUT2D eigenvalue weighted by atomic mass is 79.9. The van der Waals surface area contributed by atoms with E-state index in [4.69, 9.17) is 10.5 Å². The number of hydrogen-bond acceptors (Lipinski definition) is 5. The molecule has 2 N–H and O–H groups in total. The van der Waals surface area contributed by atoms with Crippen LogP contribution in [0.15, 0.2) is 27.8 Å². The number of esters is 1. The van der Waals surface area contributed by atoms with Gasteiger partial charge in [-0.3, -0.25) is 4.79 Å². The van der Waals surface area contributed by atoms with E-state index in [0.29, 0.717) is 0 Å². The van der Waals surface area contributed by atoms with Crippen LogP contribution in [0, 0.1) is 5.92 Å². The van der Waals surface area contributed by atoms with Crippen LogP contribution >= 0.6 is 27.7 Å². The molecule has 1 aliphatic carbocycles. The maximum atomic E-state index is 11.9. The monoisotopic (exact) mass is 358 g/mol. The van der Waals surface area contributed by atoms with Gasteiger partial charge in [-0.05, 0) is 59.0 Å². The predicted octanol–water partition coefficient (Wildman–Crippen LogP) is 3.00. The molecule has 0 saturated heterocycles. The molecule has 0 aromatic carbocycles. The maximum absolute atomic E-state index is 11.9. The molecule has 0 radical (unpaired) electrons. The first kappa shape index (κ1) is 15.8. The van der Waals surface area contributed by atoms with Gasteiger partial charge >= 0.3 is 5.97 Å². The van der Waals surface area contributed by atoms with Crippen molar-refractivity contribution < 1.29 is 9.53 Å². The Labute approximate surface area is 132 Å². The number of rotatable bonds is 5. The minimum absolute atomic E-state index is 0.199. The number of thioether (sulfide) groups is 1. The SMILES string of the molecule is COC(=O)C1(N)CCCC1CCSc1ncccc1Br. The minimum atomic E-state index is -0.795. The first-order valence-corrected chi connectivity index (χ1v) is 8.46. The van der Waals surface area contributed by atoms with E-state index in [0.717, 1.165) is 40.9 Å². The van der Waals surface area contributed by atoms with Gasteiger partial charge in [-0.2, -0.15) is 0 Å². The van der Waals surface area contributed by atoms with Gasteiger partial charge in [0.25, 0.3) is 0 Å². The fraction of sp³-hybridized carbons (Fsp3) is 0.571. The second-order valence-electron chi connectivity index (χ2n) is 5.05. The third-order valence-corrected chi connectivity index (χ3v) is 5.81. The number of carbonyl (C=O) groups excluding carboxylic acids is 1. The van der Waals surface area contributed by atoms with Gasteiger partial charge in [0.15, 0.2) is 0 Å². The number of nitrogens with zero attached hydrogens (tertiary/aromatic N) is 1. The zero-order valence-electron chi connectivity index (χ0n) is 11.5. The van der Waals surface area contributed by atoms with E-state index >= 15 is 0 Å². The summed E-state index contributed by atoms with van der Waals surface area (Å²) < 4.78 is 5.86. The van der Waals surface area contributed by atoms with Crippen LogP contribution in [0.4, 0.5) is 0 Å². The van der Waals surface area contributed by atoms with Crippen molar-refractivity contribution >= 4 is 33.7 Å². The average Bonchev–Trinajstić information content (AvgIpc) is 2.83. The highest BCUT2D eigenvalue weighted by Crippen LogP contribution is 2.38. The van der Waals surface area contributed by atoms with Gasteiger partial charge in [0, 0.05) is 10.7 Å². The summed E-state index contributed by atoms with van der Waals surface area (Å²) in [5, 5.41) is 0.978. The standard InChI is InChI=1S/C14H19BrN2O2S/c1-19-13(18)14(16)7-2-4-10(14)6-9-20-12-11(15)5-3-8-17-12/h3,5,8,10H,2,4,6-7,9,16H2,1H3. The topological polar surface area (TPSA) is 65.2 Å². The Kier molecular flexibility index (Phi) is 5.46. The zero-order valence-corrected chi connectivity index (χ0v) is 13.9. The fourth-order valence-corrected chi connectivity index (χ4v) is 4.27. The van der Waals surface area contributed by atoms with Crippen LogP contribution in [-0.4, -0.2) is 29.4 Å². The summed E-state index contributed by atoms with van der Waals surface area (Å²) in [6, 6.07) is 3.87. The normalized spacial score (nSPS) is 25.6. The Hall–Kier alpha value is -0.590. The number of methoxy groups -OCH3 is 1. The van der Waals surface area contributed by atoms with Crippen molar-refractivity contribution in [1.29, 1.82) is 0 Å². The van der Waals surface area contributed by atoms with Crippen LogP contribution in [-0.2, 0) is 9.53 Å². The fourth-order valence-electron chi connectivity index (χ4n) is 2.74. The molecule has 4 nitrogen and oxygen atoms in total. The van der Waals surface area contributed by atoms with Crippen molar-refractivity contribution in [2.24, 2.45) is 11.7 Å². The van der Waals surface area contributed by atoms with Gasteiger partial charge in [0.05, 0.1) is 7.11 Å². The summed E-state index contributed by atoms with van der Waals surface area (Å²) in [4.78, 5) is 16.2. The molecule has 2 rings (SSSR count). The van der Waals surface area contributed by atoms with Crippen molar-refractivity contribution in [2.75, 3.05) is 12.9 Å². The summed E-state index contributed by atoms with van der Waals surface area (Å²) in [5.41, 5.74) is 5.46. The summed E-state index contributed by atoms with van der Waals surface area (Å²) >= 11 is 5.17. The van der Waals surface area contributed by atoms with Crippen LogP contribution in [0.25, 0.3) is 0 Å². The molecular formula is C14H19BrN2O2S. The van der Waals surface area contributed by atoms with E-state index in [1.165, 1.54) is 7.11 Å². The van der Waals surface area contributed by atoms with Crippen molar-refractivity contribution in [1.82, 2.24) is 4.98 Å².